The number of thiophene rings is 5. The SMILES string of the molecule is Cc1cc(C(=O)Nc2scc(-c3ccc(Cl)cc3)c2C(=O)O)c(C)o1.Cc1ccc(-c2csc(NC(=O)c3cc(-c4ccccc4)oc3C)c2C(=O)O)cc1.Cc1ccc(-c2csc(NC(=O)c3cc(C)oc3C)c2C(=O)O)cc1.Cc1oc(-c2ccccc2)cc1C(=O)Nc1scc(-c2ccc(Cl)cc2)c1C(=O)O.O=C(Nc1scc(-c2ccc(Br)cc2)c1C(=O)O)c1ccco1. The molecule has 7 aromatic carbocycles. The van der Waals surface area contributed by atoms with Crippen molar-refractivity contribution in [3.63, 3.8) is 0 Å². The average molecular weight is 1980 g/mol. The number of carboxylic acids is 5. The number of nitrogens with one attached hydrogen (secondary N) is 5. The lowest BCUT2D eigenvalue weighted by Gasteiger charge is -2.06. The topological polar surface area (TPSA) is 398 Å². The molecule has 0 fully saturated rings. The van der Waals surface area contributed by atoms with Gasteiger partial charge in [0.15, 0.2) is 5.76 Å². The molecule has 10 N–H and O–H groups in total. The molecule has 0 atom stereocenters. The fraction of sp³-hybridized carbons (Fsp3) is 0.0800. The molecule has 672 valence electrons. The van der Waals surface area contributed by atoms with E-state index in [9.17, 15) is 73.5 Å². The zero-order chi connectivity index (χ0) is 95.2. The van der Waals surface area contributed by atoms with Gasteiger partial charge in [-0.3, -0.25) is 24.0 Å². The lowest BCUT2D eigenvalue weighted by Crippen LogP contribution is -2.13. The lowest BCUT2D eigenvalue weighted by molar-refractivity contribution is 0.0688. The van der Waals surface area contributed by atoms with Gasteiger partial charge in [-0.15, -0.1) is 56.7 Å². The largest absolute Gasteiger partial charge is 0.478 e. The minimum absolute atomic E-state index is 0.0418. The number of benzene rings is 7. The van der Waals surface area contributed by atoms with Crippen LogP contribution in [-0.2, 0) is 0 Å². The van der Waals surface area contributed by atoms with Crippen LogP contribution in [-0.4, -0.2) is 84.9 Å². The molecule has 0 saturated carbocycles. The molecular weight excluding hydrogens is 1900 g/mol. The summed E-state index contributed by atoms with van der Waals surface area (Å²) < 4.78 is 28.1. The number of halogens is 3. The highest BCUT2D eigenvalue weighted by Crippen LogP contribution is 2.43. The number of aromatic carboxylic acids is 5. The van der Waals surface area contributed by atoms with Gasteiger partial charge in [-0.25, -0.2) is 24.0 Å². The normalized spacial score (nSPS) is 10.7. The summed E-state index contributed by atoms with van der Waals surface area (Å²) in [4.78, 5) is 122. The van der Waals surface area contributed by atoms with Crippen LogP contribution in [0.5, 0.6) is 0 Å². The van der Waals surface area contributed by atoms with Crippen LogP contribution in [0.3, 0.4) is 0 Å². The minimum atomic E-state index is -1.12. The van der Waals surface area contributed by atoms with Gasteiger partial charge in [-0.1, -0.05) is 196 Å². The molecule has 25 nitrogen and oxygen atoms in total. The first-order valence-electron chi connectivity index (χ1n) is 39.9. The third-order valence-electron chi connectivity index (χ3n) is 20.1. The van der Waals surface area contributed by atoms with Crippen molar-refractivity contribution >= 4 is 180 Å². The molecule has 0 unspecified atom stereocenters. The van der Waals surface area contributed by atoms with Crippen molar-refractivity contribution < 1.29 is 95.6 Å². The third kappa shape index (κ3) is 23.2. The summed E-state index contributed by atoms with van der Waals surface area (Å²) in [7, 11) is 0. The van der Waals surface area contributed by atoms with Crippen molar-refractivity contribution in [1.29, 1.82) is 0 Å². The van der Waals surface area contributed by atoms with Gasteiger partial charge in [0.05, 0.1) is 28.5 Å². The molecule has 0 radical (unpaired) electrons. The Morgan fingerprint density at radius 2 is 0.549 bits per heavy atom. The van der Waals surface area contributed by atoms with Gasteiger partial charge in [0, 0.05) is 80.4 Å². The number of anilines is 5. The first kappa shape index (κ1) is 95.8. The van der Waals surface area contributed by atoms with E-state index < -0.39 is 53.5 Å². The molecule has 33 heteroatoms. The molecule has 0 bridgehead atoms. The van der Waals surface area contributed by atoms with E-state index in [2.05, 4.69) is 42.5 Å². The van der Waals surface area contributed by atoms with Crippen LogP contribution in [0.25, 0.3) is 78.3 Å². The smallest absolute Gasteiger partial charge is 0.339 e. The maximum atomic E-state index is 12.9. The Morgan fingerprint density at radius 3 is 0.805 bits per heavy atom. The van der Waals surface area contributed by atoms with E-state index in [0.29, 0.717) is 127 Å². The molecule has 17 aromatic rings. The average Bonchev–Trinajstić information content (AvgIpc) is 1.58. The summed E-state index contributed by atoms with van der Waals surface area (Å²) in [5, 5.41) is 72.9. The quantitative estimate of drug-likeness (QED) is 0.0301. The molecule has 0 saturated heterocycles. The summed E-state index contributed by atoms with van der Waals surface area (Å²) in [6.07, 6.45) is 1.38. The van der Waals surface area contributed by atoms with E-state index in [0.717, 1.165) is 77.4 Å². The molecule has 10 aromatic heterocycles. The Morgan fingerprint density at radius 1 is 0.293 bits per heavy atom. The van der Waals surface area contributed by atoms with Crippen molar-refractivity contribution in [2.75, 3.05) is 26.6 Å². The van der Waals surface area contributed by atoms with Gasteiger partial charge < -0.3 is 74.2 Å². The number of hydrogen-bond donors (Lipinski definition) is 10. The van der Waals surface area contributed by atoms with Crippen LogP contribution >= 0.6 is 95.8 Å². The Balaban J connectivity index is 0.000000142. The first-order valence-corrected chi connectivity index (χ1v) is 45.8. The molecule has 0 aliphatic rings. The number of aryl methyl sites for hydroxylation is 8. The second-order valence-corrected chi connectivity index (χ2v) is 35.5. The van der Waals surface area contributed by atoms with E-state index in [4.69, 9.17) is 45.3 Å². The summed E-state index contributed by atoms with van der Waals surface area (Å²) in [6.45, 7) is 14.2. The standard InChI is InChI=1S/C24H19NO4S.C23H16ClNO4S.C19H17NO4S.C18H14ClNO4S.C16H10BrNO4S/c1-14-8-10-16(11-9-14)19-13-30-23(21(19)24(27)28)25-22(26)18-12-20(29-15(18)2)17-6-4-3-5-7-17;1-13-17(11-19(29-13)15-5-3-2-4-6-15)21(26)25-22-20(23(27)28)18(12-30-22)14-7-9-16(24)10-8-14;1-10-4-6-13(7-5-10)15-9-25-18(16(15)19(22)23)20-17(21)14-8-11(2)24-12(14)3;1-9-7-13(10(2)24-9)16(21)20-17-15(18(22)23)14(8-25-17)11-3-5-12(19)6-4-11;17-10-5-3-9(4-6-10)11-8-23-15(13(11)16(20)21)18-14(19)12-2-1-7-22-12/h3-13H,1-2H3,(H,25,26)(H,27,28);2-12H,1H3,(H,25,26)(H,27,28);4-9H,1-3H3,(H,20,21)(H,22,23);3-8H,1-2H3,(H,20,21)(H,22,23);1-8H,(H,18,19)(H,20,21). The number of carbonyl (C=O) groups excluding carboxylic acids is 5. The van der Waals surface area contributed by atoms with Crippen LogP contribution in [0.2, 0.25) is 10.0 Å². The maximum Gasteiger partial charge on any atom is 0.339 e. The highest BCUT2D eigenvalue weighted by molar-refractivity contribution is 9.10. The highest BCUT2D eigenvalue weighted by atomic mass is 79.9. The van der Waals surface area contributed by atoms with Crippen molar-refractivity contribution in [3.05, 3.63) is 368 Å². The Hall–Kier alpha value is -14.8. The fourth-order valence-corrected chi connectivity index (χ4v) is 18.9. The molecule has 17 rings (SSSR count). The monoisotopic (exact) mass is 1980 g/mol. The molecule has 133 heavy (non-hydrogen) atoms. The summed E-state index contributed by atoms with van der Waals surface area (Å²) in [5.41, 5.74) is 12.3. The van der Waals surface area contributed by atoms with Gasteiger partial charge in [-0.2, -0.15) is 0 Å². The van der Waals surface area contributed by atoms with Crippen molar-refractivity contribution in [1.82, 2.24) is 0 Å². The number of furan rings is 5. The van der Waals surface area contributed by atoms with Gasteiger partial charge in [0.2, 0.25) is 0 Å². The number of carbonyl (C=O) groups is 10. The number of carboxylic acid groups (broad SMARTS) is 5. The highest BCUT2D eigenvalue weighted by Gasteiger charge is 2.30. The second-order valence-electron chi connectivity index (χ2n) is 29.3. The van der Waals surface area contributed by atoms with Crippen LogP contribution in [0, 0.1) is 55.4 Å². The lowest BCUT2D eigenvalue weighted by atomic mass is 10.0. The zero-order valence-corrected chi connectivity index (χ0v) is 78.5. The molecule has 0 aliphatic heterocycles. The first-order chi connectivity index (χ1) is 63.7. The van der Waals surface area contributed by atoms with Gasteiger partial charge in [0.1, 0.15) is 98.9 Å². The molecule has 0 aliphatic carbocycles. The van der Waals surface area contributed by atoms with Crippen LogP contribution in [0.1, 0.15) is 149 Å². The van der Waals surface area contributed by atoms with Crippen LogP contribution in [0.15, 0.2) is 278 Å². The number of rotatable bonds is 22. The number of amides is 5. The predicted molar refractivity (Wildman–Crippen MR) is 523 cm³/mol. The minimum Gasteiger partial charge on any atom is -0.478 e. The summed E-state index contributed by atoms with van der Waals surface area (Å²) >= 11 is 21.0. The second kappa shape index (κ2) is 42.8. The van der Waals surface area contributed by atoms with Gasteiger partial charge in [-0.05, 0) is 156 Å². The molecule has 0 spiro atoms. The molecule has 5 amide bonds. The van der Waals surface area contributed by atoms with E-state index in [1.807, 2.05) is 147 Å². The van der Waals surface area contributed by atoms with Crippen LogP contribution in [0.4, 0.5) is 25.0 Å². The Bertz CT molecular complexity index is 6830. The summed E-state index contributed by atoms with van der Waals surface area (Å²) in [5.74, 6) is -3.13. The Labute approximate surface area is 797 Å². The van der Waals surface area contributed by atoms with E-state index >= 15 is 0 Å². The van der Waals surface area contributed by atoms with Crippen molar-refractivity contribution in [3.8, 4) is 78.3 Å². The van der Waals surface area contributed by atoms with Gasteiger partial charge >= 0.3 is 29.8 Å². The fourth-order valence-electron chi connectivity index (χ4n) is 13.6. The van der Waals surface area contributed by atoms with E-state index in [1.165, 1.54) is 35.0 Å². The zero-order valence-electron chi connectivity index (χ0n) is 71.3. The van der Waals surface area contributed by atoms with Crippen molar-refractivity contribution in [2.45, 2.75) is 55.4 Å². The maximum absolute atomic E-state index is 12.9. The Kier molecular flexibility index (Phi) is 30.8. The third-order valence-corrected chi connectivity index (χ3v) is 25.6. The molecule has 10 heterocycles. The summed E-state index contributed by atoms with van der Waals surface area (Å²) in [6, 6.07) is 64.9. The van der Waals surface area contributed by atoms with E-state index in [-0.39, 0.29) is 54.5 Å². The van der Waals surface area contributed by atoms with Gasteiger partial charge in [0.25, 0.3) is 29.5 Å². The molecular formula is C100H76BrCl2N5O20S5. The van der Waals surface area contributed by atoms with Crippen LogP contribution < -0.4 is 26.6 Å². The van der Waals surface area contributed by atoms with E-state index in [1.54, 1.807) is 147 Å². The number of hydrogen-bond acceptors (Lipinski definition) is 20. The van der Waals surface area contributed by atoms with Crippen molar-refractivity contribution in [2.24, 2.45) is 0 Å². The predicted octanol–water partition coefficient (Wildman–Crippen LogP) is 27.7.